The number of hydrogen-bond acceptors (Lipinski definition) is 3. The van der Waals surface area contributed by atoms with Crippen LogP contribution in [0.4, 0.5) is 0 Å². The van der Waals surface area contributed by atoms with Gasteiger partial charge in [-0.05, 0) is 31.0 Å². The van der Waals surface area contributed by atoms with E-state index in [1.165, 1.54) is 25.7 Å². The molecule has 1 aromatic heterocycles. The molecule has 2 aromatic rings. The van der Waals surface area contributed by atoms with Crippen LogP contribution < -0.4 is 10.1 Å². The third kappa shape index (κ3) is 4.38. The van der Waals surface area contributed by atoms with E-state index in [0.29, 0.717) is 12.4 Å². The van der Waals surface area contributed by atoms with Gasteiger partial charge in [-0.1, -0.05) is 43.9 Å². The lowest BCUT2D eigenvalue weighted by molar-refractivity contribution is 0.0901. The van der Waals surface area contributed by atoms with Crippen molar-refractivity contribution >= 4 is 5.91 Å². The first-order valence-electron chi connectivity index (χ1n) is 8.38. The van der Waals surface area contributed by atoms with Crippen molar-refractivity contribution in [1.82, 2.24) is 5.32 Å². The molecule has 4 nitrogen and oxygen atoms in total. The highest BCUT2D eigenvalue weighted by molar-refractivity contribution is 5.93. The Bertz CT molecular complexity index is 613. The maximum atomic E-state index is 12.5. The second-order valence-electron chi connectivity index (χ2n) is 6.04. The first-order valence-corrected chi connectivity index (χ1v) is 8.38. The maximum absolute atomic E-state index is 12.5. The van der Waals surface area contributed by atoms with Gasteiger partial charge in [0.2, 0.25) is 0 Å². The van der Waals surface area contributed by atoms with Crippen molar-refractivity contribution in [3.8, 4) is 5.75 Å². The van der Waals surface area contributed by atoms with Crippen molar-refractivity contribution in [2.75, 3.05) is 0 Å². The van der Waals surface area contributed by atoms with E-state index in [1.54, 1.807) is 12.3 Å². The standard InChI is InChI=1S/C19H23NO3/c21-19(20-16-8-4-1-2-5-9-16)18-15(12-13-22-18)14-23-17-10-6-3-7-11-17/h3,6-7,10-13,16H,1-2,4-5,8-9,14H2,(H,20,21). The number of hydrogen-bond donors (Lipinski definition) is 1. The van der Waals surface area contributed by atoms with Gasteiger partial charge in [0.1, 0.15) is 12.4 Å². The van der Waals surface area contributed by atoms with Crippen LogP contribution in [0.15, 0.2) is 47.1 Å². The van der Waals surface area contributed by atoms with Crippen molar-refractivity contribution in [3.05, 3.63) is 54.0 Å². The fourth-order valence-corrected chi connectivity index (χ4v) is 3.00. The first kappa shape index (κ1) is 15.7. The molecule has 1 heterocycles. The lowest BCUT2D eigenvalue weighted by Crippen LogP contribution is -2.34. The Hall–Kier alpha value is -2.23. The summed E-state index contributed by atoms with van der Waals surface area (Å²) in [5.41, 5.74) is 0.778. The molecule has 1 saturated carbocycles. The number of rotatable bonds is 5. The van der Waals surface area contributed by atoms with Gasteiger partial charge in [-0.15, -0.1) is 0 Å². The highest BCUT2D eigenvalue weighted by Gasteiger charge is 2.20. The summed E-state index contributed by atoms with van der Waals surface area (Å²) in [6.45, 7) is 0.327. The third-order valence-electron chi connectivity index (χ3n) is 4.28. The first-order chi connectivity index (χ1) is 11.3. The highest BCUT2D eigenvalue weighted by Crippen LogP contribution is 2.19. The summed E-state index contributed by atoms with van der Waals surface area (Å²) in [4.78, 5) is 12.5. The molecule has 23 heavy (non-hydrogen) atoms. The molecule has 0 atom stereocenters. The molecule has 0 aliphatic heterocycles. The maximum Gasteiger partial charge on any atom is 0.287 e. The Morgan fingerprint density at radius 2 is 1.83 bits per heavy atom. The Balaban J connectivity index is 1.59. The molecule has 0 bridgehead atoms. The van der Waals surface area contributed by atoms with Crippen LogP contribution in [0.2, 0.25) is 0 Å². The van der Waals surface area contributed by atoms with E-state index in [0.717, 1.165) is 24.2 Å². The van der Waals surface area contributed by atoms with Crippen LogP contribution in [-0.4, -0.2) is 11.9 Å². The molecule has 1 N–H and O–H groups in total. The molecular formula is C19H23NO3. The van der Waals surface area contributed by atoms with Crippen molar-refractivity contribution < 1.29 is 13.9 Å². The Labute approximate surface area is 136 Å². The van der Waals surface area contributed by atoms with Gasteiger partial charge in [0.05, 0.1) is 6.26 Å². The van der Waals surface area contributed by atoms with Gasteiger partial charge in [-0.2, -0.15) is 0 Å². The minimum atomic E-state index is -0.131. The number of carbonyl (C=O) groups is 1. The van der Waals surface area contributed by atoms with Crippen LogP contribution in [-0.2, 0) is 6.61 Å². The molecule has 0 unspecified atom stereocenters. The van der Waals surface area contributed by atoms with Crippen molar-refractivity contribution in [1.29, 1.82) is 0 Å². The molecule has 4 heteroatoms. The summed E-state index contributed by atoms with van der Waals surface area (Å²) in [5, 5.41) is 3.11. The van der Waals surface area contributed by atoms with Crippen molar-refractivity contribution in [2.24, 2.45) is 0 Å². The second kappa shape index (κ2) is 7.86. The van der Waals surface area contributed by atoms with Crippen LogP contribution in [0.3, 0.4) is 0 Å². The average Bonchev–Trinajstić information content (AvgIpc) is 2.91. The van der Waals surface area contributed by atoms with Gasteiger partial charge in [-0.3, -0.25) is 4.79 Å². The van der Waals surface area contributed by atoms with E-state index < -0.39 is 0 Å². The van der Waals surface area contributed by atoms with Gasteiger partial charge in [-0.25, -0.2) is 0 Å². The van der Waals surface area contributed by atoms with Crippen molar-refractivity contribution in [3.63, 3.8) is 0 Å². The molecule has 1 aromatic carbocycles. The molecule has 0 radical (unpaired) electrons. The Morgan fingerprint density at radius 3 is 2.57 bits per heavy atom. The molecule has 0 spiro atoms. The summed E-state index contributed by atoms with van der Waals surface area (Å²) >= 11 is 0. The van der Waals surface area contributed by atoms with Crippen LogP contribution in [0.1, 0.15) is 54.6 Å². The third-order valence-corrected chi connectivity index (χ3v) is 4.28. The zero-order valence-corrected chi connectivity index (χ0v) is 13.3. The molecule has 122 valence electrons. The quantitative estimate of drug-likeness (QED) is 0.837. The number of furan rings is 1. The van der Waals surface area contributed by atoms with E-state index in [9.17, 15) is 4.79 Å². The monoisotopic (exact) mass is 313 g/mol. The molecular weight excluding hydrogens is 290 g/mol. The van der Waals surface area contributed by atoms with E-state index in [2.05, 4.69) is 5.32 Å². The van der Waals surface area contributed by atoms with Crippen LogP contribution in [0.25, 0.3) is 0 Å². The number of para-hydroxylation sites is 1. The normalized spacial score (nSPS) is 15.8. The fraction of sp³-hybridized carbons (Fsp3) is 0.421. The van der Waals surface area contributed by atoms with Crippen molar-refractivity contribution in [2.45, 2.75) is 51.2 Å². The van der Waals surface area contributed by atoms with Crippen LogP contribution in [0, 0.1) is 0 Å². The minimum absolute atomic E-state index is 0.131. The van der Waals surface area contributed by atoms with Gasteiger partial charge in [0.15, 0.2) is 5.76 Å². The number of nitrogens with one attached hydrogen (secondary N) is 1. The zero-order valence-electron chi connectivity index (χ0n) is 13.3. The van der Waals surface area contributed by atoms with Gasteiger partial charge < -0.3 is 14.5 Å². The summed E-state index contributed by atoms with van der Waals surface area (Å²) < 4.78 is 11.1. The lowest BCUT2D eigenvalue weighted by atomic mass is 10.1. The molecule has 3 rings (SSSR count). The van der Waals surface area contributed by atoms with E-state index >= 15 is 0 Å². The van der Waals surface area contributed by atoms with E-state index in [4.69, 9.17) is 9.15 Å². The number of ether oxygens (including phenoxy) is 1. The second-order valence-corrected chi connectivity index (χ2v) is 6.04. The predicted molar refractivity (Wildman–Crippen MR) is 88.4 cm³/mol. The Kier molecular flexibility index (Phi) is 5.35. The summed E-state index contributed by atoms with van der Waals surface area (Å²) in [6.07, 6.45) is 8.57. The van der Waals surface area contributed by atoms with Gasteiger partial charge in [0, 0.05) is 11.6 Å². The van der Waals surface area contributed by atoms with Crippen LogP contribution in [0.5, 0.6) is 5.75 Å². The van der Waals surface area contributed by atoms with E-state index in [1.807, 2.05) is 30.3 Å². The predicted octanol–water partition coefficient (Wildman–Crippen LogP) is 4.31. The summed E-state index contributed by atoms with van der Waals surface area (Å²) in [7, 11) is 0. The summed E-state index contributed by atoms with van der Waals surface area (Å²) in [5.74, 6) is 1.02. The molecule has 1 fully saturated rings. The number of benzene rings is 1. The SMILES string of the molecule is O=C(NC1CCCCCC1)c1occc1COc1ccccc1. The topological polar surface area (TPSA) is 51.5 Å². The molecule has 1 aliphatic carbocycles. The smallest absolute Gasteiger partial charge is 0.287 e. The Morgan fingerprint density at radius 1 is 1.09 bits per heavy atom. The highest BCUT2D eigenvalue weighted by atomic mass is 16.5. The molecule has 0 saturated heterocycles. The largest absolute Gasteiger partial charge is 0.489 e. The fourth-order valence-electron chi connectivity index (χ4n) is 3.00. The van der Waals surface area contributed by atoms with Crippen LogP contribution >= 0.6 is 0 Å². The minimum Gasteiger partial charge on any atom is -0.489 e. The molecule has 1 amide bonds. The number of carbonyl (C=O) groups excluding carboxylic acids is 1. The summed E-state index contributed by atoms with van der Waals surface area (Å²) in [6, 6.07) is 11.6. The zero-order chi connectivity index (χ0) is 15.9. The van der Waals surface area contributed by atoms with E-state index in [-0.39, 0.29) is 11.9 Å². The molecule has 1 aliphatic rings. The van der Waals surface area contributed by atoms with Gasteiger partial charge >= 0.3 is 0 Å². The lowest BCUT2D eigenvalue weighted by Gasteiger charge is -2.15. The average molecular weight is 313 g/mol. The number of amides is 1. The van der Waals surface area contributed by atoms with Gasteiger partial charge in [0.25, 0.3) is 5.91 Å².